The fourth-order valence-corrected chi connectivity index (χ4v) is 1.22. The molecule has 1 unspecified atom stereocenters. The van der Waals surface area contributed by atoms with Gasteiger partial charge < -0.3 is 9.47 Å². The van der Waals surface area contributed by atoms with E-state index in [2.05, 4.69) is 29.8 Å². The van der Waals surface area contributed by atoms with Gasteiger partial charge in [0.05, 0.1) is 18.3 Å². The van der Waals surface area contributed by atoms with Crippen molar-refractivity contribution in [2.45, 2.75) is 32.0 Å². The van der Waals surface area contributed by atoms with Crippen LogP contribution < -0.4 is 0 Å². The highest BCUT2D eigenvalue weighted by Crippen LogP contribution is 2.19. The van der Waals surface area contributed by atoms with Gasteiger partial charge in [0.25, 0.3) is 0 Å². The van der Waals surface area contributed by atoms with E-state index in [4.69, 9.17) is 9.47 Å². The van der Waals surface area contributed by atoms with Crippen molar-refractivity contribution in [3.05, 3.63) is 0 Å². The van der Waals surface area contributed by atoms with Crippen LogP contribution in [0, 0.1) is 0 Å². The van der Waals surface area contributed by atoms with E-state index in [0.29, 0.717) is 6.10 Å². The number of ether oxygens (including phenoxy) is 2. The van der Waals surface area contributed by atoms with E-state index in [1.165, 1.54) is 0 Å². The Morgan fingerprint density at radius 1 is 1.64 bits per heavy atom. The molecular weight excluding hydrogens is 208 g/mol. The maximum absolute atomic E-state index is 5.78. The Balaban J connectivity index is 2.28. The van der Waals surface area contributed by atoms with Crippen LogP contribution in [0.25, 0.3) is 0 Å². The van der Waals surface area contributed by atoms with Gasteiger partial charge in [-0.2, -0.15) is 0 Å². The van der Waals surface area contributed by atoms with E-state index in [0.717, 1.165) is 25.0 Å². The van der Waals surface area contributed by atoms with Crippen LogP contribution in [0.15, 0.2) is 0 Å². The highest BCUT2D eigenvalue weighted by molar-refractivity contribution is 9.09. The van der Waals surface area contributed by atoms with Gasteiger partial charge in [0.1, 0.15) is 0 Å². The molecule has 0 N–H and O–H groups in total. The van der Waals surface area contributed by atoms with Crippen molar-refractivity contribution in [1.82, 2.24) is 0 Å². The molecule has 0 saturated carbocycles. The fraction of sp³-hybridized carbons (Fsp3) is 1.00. The molecule has 0 aromatic rings. The van der Waals surface area contributed by atoms with Gasteiger partial charge >= 0.3 is 0 Å². The van der Waals surface area contributed by atoms with Gasteiger partial charge in [-0.1, -0.05) is 15.9 Å². The SMILES string of the molecule is CC(C)(CBr)OC1CCOC1. The molecule has 0 bridgehead atoms. The minimum atomic E-state index is -0.0572. The summed E-state index contributed by atoms with van der Waals surface area (Å²) in [6, 6.07) is 0. The van der Waals surface area contributed by atoms with Crippen LogP contribution in [-0.2, 0) is 9.47 Å². The van der Waals surface area contributed by atoms with Crippen LogP contribution in [0.5, 0.6) is 0 Å². The summed E-state index contributed by atoms with van der Waals surface area (Å²) >= 11 is 3.41. The molecule has 66 valence electrons. The van der Waals surface area contributed by atoms with Crippen LogP contribution in [0.3, 0.4) is 0 Å². The number of hydrogen-bond acceptors (Lipinski definition) is 2. The van der Waals surface area contributed by atoms with Crippen LogP contribution in [-0.4, -0.2) is 30.2 Å². The minimum Gasteiger partial charge on any atom is -0.379 e. The van der Waals surface area contributed by atoms with E-state index >= 15 is 0 Å². The Bertz CT molecular complexity index is 119. The molecule has 1 atom stereocenters. The molecule has 1 rings (SSSR count). The van der Waals surface area contributed by atoms with Crippen LogP contribution in [0.1, 0.15) is 20.3 Å². The quantitative estimate of drug-likeness (QED) is 0.681. The van der Waals surface area contributed by atoms with E-state index in [-0.39, 0.29) is 5.60 Å². The summed E-state index contributed by atoms with van der Waals surface area (Å²) < 4.78 is 11.0. The van der Waals surface area contributed by atoms with E-state index in [1.54, 1.807) is 0 Å². The van der Waals surface area contributed by atoms with Crippen molar-refractivity contribution in [3.8, 4) is 0 Å². The normalized spacial score (nSPS) is 25.9. The lowest BCUT2D eigenvalue weighted by molar-refractivity contribution is -0.0568. The lowest BCUT2D eigenvalue weighted by atomic mass is 10.2. The first-order valence-electron chi connectivity index (χ1n) is 3.95. The summed E-state index contributed by atoms with van der Waals surface area (Å²) in [5, 5.41) is 0.872. The van der Waals surface area contributed by atoms with Gasteiger partial charge in [0.15, 0.2) is 0 Å². The van der Waals surface area contributed by atoms with Crippen molar-refractivity contribution >= 4 is 15.9 Å². The molecule has 0 aromatic heterocycles. The molecule has 1 fully saturated rings. The third-order valence-corrected chi connectivity index (χ3v) is 3.05. The summed E-state index contributed by atoms with van der Waals surface area (Å²) in [6.45, 7) is 5.78. The third kappa shape index (κ3) is 3.09. The molecule has 3 heteroatoms. The van der Waals surface area contributed by atoms with Gasteiger partial charge in [-0.05, 0) is 20.3 Å². The van der Waals surface area contributed by atoms with Crippen molar-refractivity contribution in [1.29, 1.82) is 0 Å². The number of alkyl halides is 1. The Morgan fingerprint density at radius 2 is 2.36 bits per heavy atom. The zero-order chi connectivity index (χ0) is 8.32. The molecule has 1 saturated heterocycles. The molecule has 0 spiro atoms. The Morgan fingerprint density at radius 3 is 2.82 bits per heavy atom. The van der Waals surface area contributed by atoms with Gasteiger partial charge in [0, 0.05) is 11.9 Å². The molecule has 0 aromatic carbocycles. The monoisotopic (exact) mass is 222 g/mol. The van der Waals surface area contributed by atoms with Gasteiger partial charge in [-0.3, -0.25) is 0 Å². The standard InChI is InChI=1S/C8H15BrO2/c1-8(2,6-9)11-7-3-4-10-5-7/h7H,3-6H2,1-2H3. The second-order valence-corrected chi connectivity index (χ2v) is 4.06. The molecule has 1 heterocycles. The molecule has 2 nitrogen and oxygen atoms in total. The maximum atomic E-state index is 5.78. The largest absolute Gasteiger partial charge is 0.379 e. The minimum absolute atomic E-state index is 0.0572. The molecule has 11 heavy (non-hydrogen) atoms. The predicted octanol–water partition coefficient (Wildman–Crippen LogP) is 1.97. The molecular formula is C8H15BrO2. The van der Waals surface area contributed by atoms with Gasteiger partial charge in [-0.25, -0.2) is 0 Å². The summed E-state index contributed by atoms with van der Waals surface area (Å²) in [5.41, 5.74) is -0.0572. The zero-order valence-electron chi connectivity index (χ0n) is 7.10. The highest BCUT2D eigenvalue weighted by atomic mass is 79.9. The second-order valence-electron chi connectivity index (χ2n) is 3.50. The van der Waals surface area contributed by atoms with Crippen LogP contribution in [0.4, 0.5) is 0 Å². The number of halogens is 1. The Kier molecular flexibility index (Phi) is 3.34. The molecule has 1 aliphatic heterocycles. The highest BCUT2D eigenvalue weighted by Gasteiger charge is 2.25. The Labute approximate surface area is 76.4 Å². The smallest absolute Gasteiger partial charge is 0.0838 e. The average molecular weight is 223 g/mol. The van der Waals surface area contributed by atoms with E-state index < -0.39 is 0 Å². The topological polar surface area (TPSA) is 18.5 Å². The van der Waals surface area contributed by atoms with E-state index in [9.17, 15) is 0 Å². The first kappa shape index (κ1) is 9.49. The predicted molar refractivity (Wildman–Crippen MR) is 48.2 cm³/mol. The van der Waals surface area contributed by atoms with Crippen molar-refractivity contribution in [2.24, 2.45) is 0 Å². The summed E-state index contributed by atoms with van der Waals surface area (Å²) in [6.07, 6.45) is 1.35. The van der Waals surface area contributed by atoms with Crippen LogP contribution in [0.2, 0.25) is 0 Å². The maximum Gasteiger partial charge on any atom is 0.0838 e. The Hall–Kier alpha value is 0.400. The summed E-state index contributed by atoms with van der Waals surface area (Å²) in [5.74, 6) is 0. The van der Waals surface area contributed by atoms with Crippen molar-refractivity contribution < 1.29 is 9.47 Å². The molecule has 0 amide bonds. The molecule has 1 aliphatic rings. The fourth-order valence-electron chi connectivity index (χ4n) is 1.09. The molecule has 0 radical (unpaired) electrons. The van der Waals surface area contributed by atoms with Crippen molar-refractivity contribution in [3.63, 3.8) is 0 Å². The van der Waals surface area contributed by atoms with E-state index in [1.807, 2.05) is 0 Å². The molecule has 0 aliphatic carbocycles. The van der Waals surface area contributed by atoms with Crippen LogP contribution >= 0.6 is 15.9 Å². The van der Waals surface area contributed by atoms with Gasteiger partial charge in [0.2, 0.25) is 0 Å². The second kappa shape index (κ2) is 3.87. The lowest BCUT2D eigenvalue weighted by Crippen LogP contribution is -2.32. The van der Waals surface area contributed by atoms with Gasteiger partial charge in [-0.15, -0.1) is 0 Å². The summed E-state index contributed by atoms with van der Waals surface area (Å²) in [4.78, 5) is 0. The lowest BCUT2D eigenvalue weighted by Gasteiger charge is -2.26. The number of rotatable bonds is 3. The van der Waals surface area contributed by atoms with Crippen molar-refractivity contribution in [2.75, 3.05) is 18.5 Å². The average Bonchev–Trinajstić information content (AvgIpc) is 2.39. The first-order valence-corrected chi connectivity index (χ1v) is 5.08. The number of hydrogen-bond donors (Lipinski definition) is 0. The third-order valence-electron chi connectivity index (χ3n) is 1.70. The summed E-state index contributed by atoms with van der Waals surface area (Å²) in [7, 11) is 0. The first-order chi connectivity index (χ1) is 5.14. The zero-order valence-corrected chi connectivity index (χ0v) is 8.69.